The molecule has 0 atom stereocenters. The second-order valence-electron chi connectivity index (χ2n) is 9.34. The van der Waals surface area contributed by atoms with Crippen LogP contribution < -0.4 is 5.32 Å². The summed E-state index contributed by atoms with van der Waals surface area (Å²) < 4.78 is 35.3. The van der Waals surface area contributed by atoms with Crippen molar-refractivity contribution in [3.63, 3.8) is 0 Å². The zero-order chi connectivity index (χ0) is 23.9. The molecule has 0 unspecified atom stereocenters. The molecule has 0 radical (unpaired) electrons. The monoisotopic (exact) mass is 479 g/mol. The summed E-state index contributed by atoms with van der Waals surface area (Å²) >= 11 is 0. The Morgan fingerprint density at radius 2 is 1.94 bits per heavy atom. The predicted octanol–water partition coefficient (Wildman–Crippen LogP) is 4.08. The van der Waals surface area contributed by atoms with Gasteiger partial charge < -0.3 is 10.1 Å². The first-order chi connectivity index (χ1) is 17.0. The number of fused-ring (bicyclic) bond motifs is 1. The van der Waals surface area contributed by atoms with Gasteiger partial charge in [0.25, 0.3) is 0 Å². The minimum Gasteiger partial charge on any atom is -0.379 e. The van der Waals surface area contributed by atoms with Gasteiger partial charge >= 0.3 is 0 Å². The Kier molecular flexibility index (Phi) is 5.69. The fourth-order valence-electron chi connectivity index (χ4n) is 4.59. The van der Waals surface area contributed by atoms with Crippen molar-refractivity contribution in [2.45, 2.75) is 38.6 Å². The number of benzene rings is 1. The average Bonchev–Trinajstić information content (AvgIpc) is 3.51. The van der Waals surface area contributed by atoms with Crippen LogP contribution in [0.25, 0.3) is 5.65 Å². The third kappa shape index (κ3) is 4.63. The molecule has 0 spiro atoms. The average molecular weight is 480 g/mol. The summed E-state index contributed by atoms with van der Waals surface area (Å²) in [6.45, 7) is 5.64. The Hall–Kier alpha value is -3.37. The molecule has 8 nitrogen and oxygen atoms in total. The minimum absolute atomic E-state index is 0.267. The van der Waals surface area contributed by atoms with Crippen LogP contribution in [0.2, 0.25) is 0 Å². The van der Waals surface area contributed by atoms with Crippen LogP contribution in [-0.4, -0.2) is 56.0 Å². The van der Waals surface area contributed by atoms with E-state index in [4.69, 9.17) is 14.8 Å². The zero-order valence-corrected chi connectivity index (χ0v) is 19.5. The maximum atomic E-state index is 14.5. The molecule has 4 heterocycles. The maximum absolute atomic E-state index is 14.5. The number of nitrogens with zero attached hydrogens (tertiary/aromatic N) is 5. The molecule has 10 heteroatoms. The predicted molar refractivity (Wildman–Crippen MR) is 127 cm³/mol. The highest BCUT2D eigenvalue weighted by Gasteiger charge is 2.26. The maximum Gasteiger partial charge on any atom is 0.161 e. The van der Waals surface area contributed by atoms with E-state index in [-0.39, 0.29) is 6.42 Å². The van der Waals surface area contributed by atoms with E-state index in [0.29, 0.717) is 48.5 Å². The van der Waals surface area contributed by atoms with E-state index >= 15 is 0 Å². The standard InChI is InChI=1S/C25H27F2N7O/c1-15-20(10-17-4-5-18(26)11-21(17)27)25-29-23(28-24-13-22(30-31-24)16-2-3-16)12-19(34(25)32-15)14-33-6-8-35-9-7-33/h4-5,11-13,16H,2-3,6-10,14H2,1H3,(H2,28,29,30,31). The summed E-state index contributed by atoms with van der Waals surface area (Å²) in [5.41, 5.74) is 4.72. The van der Waals surface area contributed by atoms with E-state index in [9.17, 15) is 8.78 Å². The van der Waals surface area contributed by atoms with Gasteiger partial charge in [-0.2, -0.15) is 10.2 Å². The van der Waals surface area contributed by atoms with Crippen molar-refractivity contribution in [2.24, 2.45) is 0 Å². The third-order valence-corrected chi connectivity index (χ3v) is 6.70. The highest BCUT2D eigenvalue weighted by Crippen LogP contribution is 2.39. The van der Waals surface area contributed by atoms with Gasteiger partial charge in [-0.05, 0) is 31.4 Å². The number of ether oxygens (including phenoxy) is 1. The number of halogens is 2. The summed E-state index contributed by atoms with van der Waals surface area (Å²) in [7, 11) is 0. The van der Waals surface area contributed by atoms with Crippen molar-refractivity contribution in [3.8, 4) is 0 Å². The number of aromatic amines is 1. The van der Waals surface area contributed by atoms with Crippen molar-refractivity contribution in [3.05, 3.63) is 70.2 Å². The van der Waals surface area contributed by atoms with Gasteiger partial charge in [-0.15, -0.1) is 0 Å². The SMILES string of the molecule is Cc1nn2c(CN3CCOCC3)cc(Nc3cc(C4CC4)[nH]n3)nc2c1Cc1ccc(F)cc1F. The van der Waals surface area contributed by atoms with Gasteiger partial charge in [0.15, 0.2) is 11.5 Å². The molecule has 1 saturated carbocycles. The molecule has 35 heavy (non-hydrogen) atoms. The third-order valence-electron chi connectivity index (χ3n) is 6.70. The lowest BCUT2D eigenvalue weighted by Crippen LogP contribution is -2.36. The molecule has 182 valence electrons. The molecule has 3 aromatic heterocycles. The van der Waals surface area contributed by atoms with Gasteiger partial charge in [0.05, 0.1) is 24.6 Å². The largest absolute Gasteiger partial charge is 0.379 e. The summed E-state index contributed by atoms with van der Waals surface area (Å²) in [6, 6.07) is 7.69. The van der Waals surface area contributed by atoms with Gasteiger partial charge in [-0.1, -0.05) is 6.07 Å². The topological polar surface area (TPSA) is 83.4 Å². The van der Waals surface area contributed by atoms with E-state index < -0.39 is 11.6 Å². The van der Waals surface area contributed by atoms with Gasteiger partial charge in [0, 0.05) is 61.4 Å². The van der Waals surface area contributed by atoms with Crippen molar-refractivity contribution in [1.82, 2.24) is 29.7 Å². The molecule has 0 bridgehead atoms. The molecule has 1 aliphatic heterocycles. The van der Waals surface area contributed by atoms with E-state index in [1.165, 1.54) is 25.0 Å². The first-order valence-corrected chi connectivity index (χ1v) is 12.0. The van der Waals surface area contributed by atoms with Crippen LogP contribution in [0.4, 0.5) is 20.4 Å². The Bertz CT molecular complexity index is 1370. The molecule has 4 aromatic rings. The van der Waals surface area contributed by atoms with Crippen molar-refractivity contribution in [1.29, 1.82) is 0 Å². The molecule has 1 saturated heterocycles. The Morgan fingerprint density at radius 1 is 1.11 bits per heavy atom. The smallest absolute Gasteiger partial charge is 0.161 e. The number of nitrogens with one attached hydrogen (secondary N) is 2. The zero-order valence-electron chi connectivity index (χ0n) is 19.5. The molecule has 2 aliphatic rings. The van der Waals surface area contributed by atoms with E-state index in [2.05, 4.69) is 20.4 Å². The molecular formula is C25H27F2N7O. The van der Waals surface area contributed by atoms with Crippen LogP contribution in [0, 0.1) is 18.6 Å². The lowest BCUT2D eigenvalue weighted by Gasteiger charge is -2.26. The van der Waals surface area contributed by atoms with Crippen LogP contribution in [-0.2, 0) is 17.7 Å². The number of morpholine rings is 1. The van der Waals surface area contributed by atoms with E-state index in [1.807, 2.05) is 23.6 Å². The summed E-state index contributed by atoms with van der Waals surface area (Å²) in [5, 5.41) is 15.6. The number of H-pyrrole nitrogens is 1. The molecule has 1 aromatic carbocycles. The molecule has 0 amide bonds. The summed E-state index contributed by atoms with van der Waals surface area (Å²) in [4.78, 5) is 7.17. The Labute approximate surface area is 201 Å². The second kappa shape index (κ2) is 9.01. The summed E-state index contributed by atoms with van der Waals surface area (Å²) in [5.74, 6) is 0.763. The van der Waals surface area contributed by atoms with Crippen LogP contribution in [0.15, 0.2) is 30.3 Å². The van der Waals surface area contributed by atoms with Crippen molar-refractivity contribution in [2.75, 3.05) is 31.6 Å². The lowest BCUT2D eigenvalue weighted by molar-refractivity contribution is 0.0334. The summed E-state index contributed by atoms with van der Waals surface area (Å²) in [6.07, 6.45) is 2.64. The highest BCUT2D eigenvalue weighted by molar-refractivity contribution is 5.61. The van der Waals surface area contributed by atoms with Gasteiger partial charge in [0.2, 0.25) is 0 Å². The first-order valence-electron chi connectivity index (χ1n) is 12.0. The van der Waals surface area contributed by atoms with Crippen LogP contribution in [0.1, 0.15) is 47.0 Å². The molecule has 6 rings (SSSR count). The normalized spacial score (nSPS) is 16.8. The second-order valence-corrected chi connectivity index (χ2v) is 9.34. The van der Waals surface area contributed by atoms with Crippen molar-refractivity contribution < 1.29 is 13.5 Å². The highest BCUT2D eigenvalue weighted by atomic mass is 19.1. The molecule has 2 fully saturated rings. The number of aromatic nitrogens is 5. The molecule has 2 N–H and O–H groups in total. The van der Waals surface area contributed by atoms with Crippen LogP contribution in [0.5, 0.6) is 0 Å². The van der Waals surface area contributed by atoms with Gasteiger partial charge in [-0.3, -0.25) is 10.00 Å². The van der Waals surface area contributed by atoms with Gasteiger partial charge in [0.1, 0.15) is 17.5 Å². The number of hydrogen-bond donors (Lipinski definition) is 2. The van der Waals surface area contributed by atoms with E-state index in [1.54, 1.807) is 0 Å². The number of hydrogen-bond acceptors (Lipinski definition) is 6. The first kappa shape index (κ1) is 22.1. The van der Waals surface area contributed by atoms with Crippen LogP contribution >= 0.6 is 0 Å². The fraction of sp³-hybridized carbons (Fsp3) is 0.400. The number of aryl methyl sites for hydroxylation is 1. The van der Waals surface area contributed by atoms with E-state index in [0.717, 1.165) is 41.8 Å². The van der Waals surface area contributed by atoms with Crippen molar-refractivity contribution >= 4 is 17.3 Å². The van der Waals surface area contributed by atoms with Crippen LogP contribution in [0.3, 0.4) is 0 Å². The molecular weight excluding hydrogens is 452 g/mol. The number of rotatable bonds is 7. The van der Waals surface area contributed by atoms with Gasteiger partial charge in [-0.25, -0.2) is 18.3 Å². The minimum atomic E-state index is -0.593. The Balaban J connectivity index is 1.39. The number of anilines is 2. The fourth-order valence-corrected chi connectivity index (χ4v) is 4.59. The molecule has 1 aliphatic carbocycles. The lowest BCUT2D eigenvalue weighted by atomic mass is 10.0. The Morgan fingerprint density at radius 3 is 2.71 bits per heavy atom. The quantitative estimate of drug-likeness (QED) is 0.416.